The van der Waals surface area contributed by atoms with E-state index in [0.717, 1.165) is 12.1 Å². The number of hydrogen-bond acceptors (Lipinski definition) is 4. The summed E-state index contributed by atoms with van der Waals surface area (Å²) in [7, 11) is 0. The maximum Gasteiger partial charge on any atom is 0.433 e. The number of fused-ring (bicyclic) bond motifs is 1. The zero-order valence-electron chi connectivity index (χ0n) is 15.6. The summed E-state index contributed by atoms with van der Waals surface area (Å²) in [4.78, 5) is 12.5. The molecule has 1 aromatic heterocycles. The molecular weight excluding hydrogens is 389 g/mol. The SMILES string of the molecule is C[C@H]1CCc2nc(N3CCN(c4cccc(Cl)c4)CC3)nc(C(F)(F)F)c2C1. The Kier molecular flexibility index (Phi) is 5.12. The van der Waals surface area contributed by atoms with Gasteiger partial charge in [0.25, 0.3) is 0 Å². The van der Waals surface area contributed by atoms with E-state index in [1.165, 1.54) is 0 Å². The largest absolute Gasteiger partial charge is 0.433 e. The van der Waals surface area contributed by atoms with Crippen molar-refractivity contribution in [1.29, 1.82) is 0 Å². The highest BCUT2D eigenvalue weighted by Gasteiger charge is 2.39. The zero-order valence-corrected chi connectivity index (χ0v) is 16.4. The molecule has 0 spiro atoms. The van der Waals surface area contributed by atoms with Gasteiger partial charge in [-0.05, 0) is 43.4 Å². The molecule has 1 saturated heterocycles. The Morgan fingerprint density at radius 2 is 1.79 bits per heavy atom. The van der Waals surface area contributed by atoms with Gasteiger partial charge in [0.05, 0.1) is 0 Å². The average Bonchev–Trinajstić information content (AvgIpc) is 2.66. The fraction of sp³-hybridized carbons (Fsp3) is 0.500. The molecule has 1 atom stereocenters. The van der Waals surface area contributed by atoms with E-state index >= 15 is 0 Å². The van der Waals surface area contributed by atoms with Crippen LogP contribution in [0.1, 0.15) is 30.3 Å². The van der Waals surface area contributed by atoms with Crippen LogP contribution < -0.4 is 9.80 Å². The Morgan fingerprint density at radius 1 is 1.07 bits per heavy atom. The number of nitrogens with zero attached hydrogens (tertiary/aromatic N) is 4. The summed E-state index contributed by atoms with van der Waals surface area (Å²) in [6.45, 7) is 4.47. The summed E-state index contributed by atoms with van der Waals surface area (Å²) in [5, 5.41) is 0.669. The van der Waals surface area contributed by atoms with Crippen molar-refractivity contribution >= 4 is 23.2 Å². The maximum absolute atomic E-state index is 13.6. The van der Waals surface area contributed by atoms with Crippen molar-refractivity contribution in [2.24, 2.45) is 5.92 Å². The molecule has 4 rings (SSSR count). The van der Waals surface area contributed by atoms with Gasteiger partial charge in [-0.25, -0.2) is 9.97 Å². The van der Waals surface area contributed by atoms with Gasteiger partial charge in [-0.1, -0.05) is 24.6 Å². The molecule has 1 fully saturated rings. The van der Waals surface area contributed by atoms with Crippen molar-refractivity contribution in [3.05, 3.63) is 46.2 Å². The van der Waals surface area contributed by atoms with E-state index in [1.54, 1.807) is 0 Å². The number of alkyl halides is 3. The number of piperazine rings is 1. The van der Waals surface area contributed by atoms with Crippen molar-refractivity contribution in [2.45, 2.75) is 32.4 Å². The van der Waals surface area contributed by atoms with Crippen LogP contribution in [0.4, 0.5) is 24.8 Å². The van der Waals surface area contributed by atoms with Gasteiger partial charge in [-0.15, -0.1) is 0 Å². The summed E-state index contributed by atoms with van der Waals surface area (Å²) < 4.78 is 40.9. The van der Waals surface area contributed by atoms with Crippen LogP contribution in [0.3, 0.4) is 0 Å². The molecule has 0 amide bonds. The van der Waals surface area contributed by atoms with Gasteiger partial charge >= 0.3 is 6.18 Å². The van der Waals surface area contributed by atoms with Crippen LogP contribution >= 0.6 is 11.6 Å². The standard InChI is InChI=1S/C20H22ClF3N4/c1-13-5-6-17-16(11-13)18(20(22,23)24)26-19(25-17)28-9-7-27(8-10-28)15-4-2-3-14(21)12-15/h2-4,12-13H,5-11H2,1H3/t13-/m0/s1. The van der Waals surface area contributed by atoms with Crippen LogP contribution in [0.25, 0.3) is 0 Å². The molecule has 0 saturated carbocycles. The molecule has 28 heavy (non-hydrogen) atoms. The molecule has 2 aromatic rings. The first-order chi connectivity index (χ1) is 13.3. The lowest BCUT2D eigenvalue weighted by Gasteiger charge is -2.37. The van der Waals surface area contributed by atoms with Crippen LogP contribution in [-0.4, -0.2) is 36.1 Å². The number of aryl methyl sites for hydroxylation is 1. The molecule has 0 unspecified atom stereocenters. The van der Waals surface area contributed by atoms with E-state index in [-0.39, 0.29) is 17.4 Å². The molecule has 4 nitrogen and oxygen atoms in total. The summed E-state index contributed by atoms with van der Waals surface area (Å²) in [6.07, 6.45) is -2.62. The van der Waals surface area contributed by atoms with Crippen molar-refractivity contribution in [3.63, 3.8) is 0 Å². The fourth-order valence-electron chi connectivity index (χ4n) is 3.99. The minimum absolute atomic E-state index is 0.200. The Labute approximate surface area is 167 Å². The molecular formula is C20H22ClF3N4. The number of halogens is 4. The normalized spacial score (nSPS) is 20.2. The molecule has 0 N–H and O–H groups in total. The van der Waals surface area contributed by atoms with Crippen molar-refractivity contribution < 1.29 is 13.2 Å². The van der Waals surface area contributed by atoms with Crippen molar-refractivity contribution in [2.75, 3.05) is 36.0 Å². The smallest absolute Gasteiger partial charge is 0.368 e. The summed E-state index contributed by atoms with van der Waals surface area (Å²) in [6, 6.07) is 7.60. The van der Waals surface area contributed by atoms with Crippen LogP contribution in [0.2, 0.25) is 5.02 Å². The first kappa shape index (κ1) is 19.3. The van der Waals surface area contributed by atoms with Gasteiger partial charge in [-0.2, -0.15) is 13.2 Å². The Bertz CT molecular complexity index is 863. The molecule has 0 radical (unpaired) electrons. The highest BCUT2D eigenvalue weighted by Crippen LogP contribution is 2.37. The van der Waals surface area contributed by atoms with Crippen LogP contribution in [-0.2, 0) is 19.0 Å². The number of benzene rings is 1. The summed E-state index contributed by atoms with van der Waals surface area (Å²) in [5.74, 6) is 0.427. The molecule has 2 aliphatic rings. The zero-order chi connectivity index (χ0) is 19.9. The predicted octanol–water partition coefficient (Wildman–Crippen LogP) is 4.60. The van der Waals surface area contributed by atoms with E-state index in [2.05, 4.69) is 14.9 Å². The Hall–Kier alpha value is -2.02. The van der Waals surface area contributed by atoms with Gasteiger partial charge in [0.2, 0.25) is 5.95 Å². The maximum atomic E-state index is 13.6. The van der Waals surface area contributed by atoms with E-state index in [4.69, 9.17) is 11.6 Å². The van der Waals surface area contributed by atoms with Gasteiger partial charge in [-0.3, -0.25) is 0 Å². The predicted molar refractivity (Wildman–Crippen MR) is 104 cm³/mol. The third-order valence-corrected chi connectivity index (χ3v) is 5.75. The molecule has 150 valence electrons. The van der Waals surface area contributed by atoms with Gasteiger partial charge in [0.15, 0.2) is 5.69 Å². The molecule has 8 heteroatoms. The second kappa shape index (κ2) is 7.43. The minimum atomic E-state index is -4.46. The quantitative estimate of drug-likeness (QED) is 0.724. The highest BCUT2D eigenvalue weighted by molar-refractivity contribution is 6.30. The number of anilines is 2. The molecule has 1 aliphatic heterocycles. The number of rotatable bonds is 2. The first-order valence-electron chi connectivity index (χ1n) is 9.53. The van der Waals surface area contributed by atoms with Crippen molar-refractivity contribution in [3.8, 4) is 0 Å². The van der Waals surface area contributed by atoms with E-state index < -0.39 is 11.9 Å². The lowest BCUT2D eigenvalue weighted by Crippen LogP contribution is -2.47. The van der Waals surface area contributed by atoms with Gasteiger partial charge in [0.1, 0.15) is 0 Å². The van der Waals surface area contributed by atoms with Gasteiger partial charge in [0, 0.05) is 48.1 Å². The van der Waals surface area contributed by atoms with Gasteiger partial charge < -0.3 is 9.80 Å². The third-order valence-electron chi connectivity index (χ3n) is 5.51. The van der Waals surface area contributed by atoms with Crippen molar-refractivity contribution in [1.82, 2.24) is 9.97 Å². The minimum Gasteiger partial charge on any atom is -0.368 e. The van der Waals surface area contributed by atoms with E-state index in [9.17, 15) is 13.2 Å². The fourth-order valence-corrected chi connectivity index (χ4v) is 4.17. The lowest BCUT2D eigenvalue weighted by atomic mass is 9.87. The Balaban J connectivity index is 1.57. The topological polar surface area (TPSA) is 32.3 Å². The van der Waals surface area contributed by atoms with Crippen LogP contribution in [0.5, 0.6) is 0 Å². The number of aromatic nitrogens is 2. The highest BCUT2D eigenvalue weighted by atomic mass is 35.5. The second-order valence-corrected chi connectivity index (χ2v) is 8.03. The molecule has 0 bridgehead atoms. The van der Waals surface area contributed by atoms with Crippen LogP contribution in [0.15, 0.2) is 24.3 Å². The summed E-state index contributed by atoms with van der Waals surface area (Å²) >= 11 is 6.06. The molecule has 2 heterocycles. The monoisotopic (exact) mass is 410 g/mol. The Morgan fingerprint density at radius 3 is 2.46 bits per heavy atom. The third kappa shape index (κ3) is 3.90. The first-order valence-corrected chi connectivity index (χ1v) is 9.91. The second-order valence-electron chi connectivity index (χ2n) is 7.60. The van der Waals surface area contributed by atoms with E-state index in [0.29, 0.717) is 49.7 Å². The molecule has 1 aromatic carbocycles. The average molecular weight is 411 g/mol. The number of hydrogen-bond donors (Lipinski definition) is 0. The summed E-state index contributed by atoms with van der Waals surface area (Å²) in [5.41, 5.74) is 1.11. The molecule has 1 aliphatic carbocycles. The van der Waals surface area contributed by atoms with Crippen LogP contribution in [0, 0.1) is 5.92 Å². The lowest BCUT2D eigenvalue weighted by molar-refractivity contribution is -0.142. The van der Waals surface area contributed by atoms with E-state index in [1.807, 2.05) is 36.1 Å².